The zero-order valence-electron chi connectivity index (χ0n) is 16.8. The third-order valence-electron chi connectivity index (χ3n) is 5.43. The van der Waals surface area contributed by atoms with Gasteiger partial charge in [0.05, 0.1) is 18.8 Å². The summed E-state index contributed by atoms with van der Waals surface area (Å²) >= 11 is 0. The molecule has 27 heavy (non-hydrogen) atoms. The Labute approximate surface area is 160 Å². The van der Waals surface area contributed by atoms with Crippen molar-refractivity contribution in [2.45, 2.75) is 38.6 Å². The van der Waals surface area contributed by atoms with Crippen molar-refractivity contribution in [3.05, 3.63) is 17.1 Å². The summed E-state index contributed by atoms with van der Waals surface area (Å²) in [6.45, 7) is 4.80. The Morgan fingerprint density at radius 3 is 2.44 bits per heavy atom. The summed E-state index contributed by atoms with van der Waals surface area (Å²) in [6.07, 6.45) is 2.53. The summed E-state index contributed by atoms with van der Waals surface area (Å²) in [5, 5.41) is 3.20. The Morgan fingerprint density at radius 1 is 1.15 bits per heavy atom. The summed E-state index contributed by atoms with van der Waals surface area (Å²) in [6, 6.07) is 0. The molecular formula is C19H30N6O2. The standard InChI is InChI=1S/C19H30N6O2/c1-13(26)25-10-7-15-16(11-25)21-18(22-19(15)20-2)14-5-8-24(9-6-14)17(27)12-23(3)4/h14H,5-12H2,1-4H3,(H,20,21,22). The molecule has 0 aromatic carbocycles. The largest absolute Gasteiger partial charge is 0.373 e. The number of fused-ring (bicyclic) bond motifs is 1. The number of likely N-dealkylation sites (N-methyl/N-ethyl adjacent to an activating group) is 1. The summed E-state index contributed by atoms with van der Waals surface area (Å²) in [4.78, 5) is 39.3. The van der Waals surface area contributed by atoms with Crippen LogP contribution in [0.4, 0.5) is 5.82 Å². The van der Waals surface area contributed by atoms with Gasteiger partial charge in [-0.3, -0.25) is 9.59 Å². The number of nitrogens with one attached hydrogen (secondary N) is 1. The number of likely N-dealkylation sites (tertiary alicyclic amines) is 1. The molecule has 1 saturated heterocycles. The summed E-state index contributed by atoms with van der Waals surface area (Å²) in [5.41, 5.74) is 2.08. The number of piperidine rings is 1. The first-order chi connectivity index (χ1) is 12.9. The maximum Gasteiger partial charge on any atom is 0.236 e. The third kappa shape index (κ3) is 4.37. The SMILES string of the molecule is CNc1nc(C2CCN(C(=O)CN(C)C)CC2)nc2c1CCN(C(C)=O)C2. The smallest absolute Gasteiger partial charge is 0.236 e. The van der Waals surface area contributed by atoms with Gasteiger partial charge in [-0.05, 0) is 33.4 Å². The van der Waals surface area contributed by atoms with Crippen LogP contribution in [0, 0.1) is 0 Å². The number of hydrogen-bond acceptors (Lipinski definition) is 6. The molecule has 2 aliphatic heterocycles. The molecule has 1 aromatic rings. The third-order valence-corrected chi connectivity index (χ3v) is 5.43. The Balaban J connectivity index is 1.73. The fourth-order valence-electron chi connectivity index (χ4n) is 3.87. The minimum Gasteiger partial charge on any atom is -0.373 e. The van der Waals surface area contributed by atoms with E-state index in [0.29, 0.717) is 19.6 Å². The number of carbonyl (C=O) groups is 2. The molecule has 2 amide bonds. The molecule has 1 aromatic heterocycles. The van der Waals surface area contributed by atoms with Crippen molar-refractivity contribution in [3.8, 4) is 0 Å². The second kappa shape index (κ2) is 8.21. The first-order valence-corrected chi connectivity index (χ1v) is 9.64. The highest BCUT2D eigenvalue weighted by molar-refractivity contribution is 5.78. The molecule has 1 N–H and O–H groups in total. The van der Waals surface area contributed by atoms with Gasteiger partial charge in [0.1, 0.15) is 11.6 Å². The van der Waals surface area contributed by atoms with E-state index in [4.69, 9.17) is 9.97 Å². The van der Waals surface area contributed by atoms with Crippen molar-refractivity contribution >= 4 is 17.6 Å². The van der Waals surface area contributed by atoms with E-state index in [1.807, 2.05) is 35.8 Å². The molecule has 2 aliphatic rings. The maximum absolute atomic E-state index is 12.2. The van der Waals surface area contributed by atoms with E-state index in [9.17, 15) is 9.59 Å². The highest BCUT2D eigenvalue weighted by atomic mass is 16.2. The average Bonchev–Trinajstić information content (AvgIpc) is 2.66. The molecule has 148 valence electrons. The molecule has 0 spiro atoms. The van der Waals surface area contributed by atoms with Gasteiger partial charge in [0.2, 0.25) is 11.8 Å². The minimum atomic E-state index is 0.0829. The van der Waals surface area contributed by atoms with Crippen LogP contribution in [0.2, 0.25) is 0 Å². The first kappa shape index (κ1) is 19.5. The fourth-order valence-corrected chi connectivity index (χ4v) is 3.87. The topological polar surface area (TPSA) is 81.7 Å². The van der Waals surface area contributed by atoms with Crippen LogP contribution >= 0.6 is 0 Å². The molecule has 0 radical (unpaired) electrons. The normalized spacial score (nSPS) is 17.8. The van der Waals surface area contributed by atoms with Gasteiger partial charge >= 0.3 is 0 Å². The highest BCUT2D eigenvalue weighted by Crippen LogP contribution is 2.30. The van der Waals surface area contributed by atoms with E-state index in [1.54, 1.807) is 6.92 Å². The number of carbonyl (C=O) groups excluding carboxylic acids is 2. The number of anilines is 1. The predicted molar refractivity (Wildman–Crippen MR) is 103 cm³/mol. The van der Waals surface area contributed by atoms with Gasteiger partial charge < -0.3 is 20.0 Å². The number of hydrogen-bond donors (Lipinski definition) is 1. The van der Waals surface area contributed by atoms with Crippen molar-refractivity contribution < 1.29 is 9.59 Å². The van der Waals surface area contributed by atoms with Crippen LogP contribution in [0.25, 0.3) is 0 Å². The lowest BCUT2D eigenvalue weighted by molar-refractivity contribution is -0.133. The van der Waals surface area contributed by atoms with E-state index < -0.39 is 0 Å². The second-order valence-corrected chi connectivity index (χ2v) is 7.69. The lowest BCUT2D eigenvalue weighted by atomic mass is 9.95. The predicted octanol–water partition coefficient (Wildman–Crippen LogP) is 0.691. The lowest BCUT2D eigenvalue weighted by Crippen LogP contribution is -2.42. The monoisotopic (exact) mass is 374 g/mol. The molecule has 0 aliphatic carbocycles. The molecule has 0 saturated carbocycles. The van der Waals surface area contributed by atoms with E-state index in [-0.39, 0.29) is 17.7 Å². The summed E-state index contributed by atoms with van der Waals surface area (Å²) in [5.74, 6) is 2.23. The zero-order valence-corrected chi connectivity index (χ0v) is 16.8. The first-order valence-electron chi connectivity index (χ1n) is 9.64. The van der Waals surface area contributed by atoms with Crippen LogP contribution in [0.5, 0.6) is 0 Å². The maximum atomic E-state index is 12.2. The van der Waals surface area contributed by atoms with Crippen molar-refractivity contribution in [3.63, 3.8) is 0 Å². The van der Waals surface area contributed by atoms with Crippen molar-refractivity contribution in [2.24, 2.45) is 0 Å². The van der Waals surface area contributed by atoms with Crippen LogP contribution in [0.1, 0.15) is 42.8 Å². The van der Waals surface area contributed by atoms with Gasteiger partial charge in [0, 0.05) is 45.1 Å². The number of aromatic nitrogens is 2. The second-order valence-electron chi connectivity index (χ2n) is 7.69. The van der Waals surface area contributed by atoms with Gasteiger partial charge in [0.15, 0.2) is 0 Å². The number of nitrogens with zero attached hydrogens (tertiary/aromatic N) is 5. The quantitative estimate of drug-likeness (QED) is 0.835. The van der Waals surface area contributed by atoms with Crippen LogP contribution < -0.4 is 5.32 Å². The van der Waals surface area contributed by atoms with E-state index in [1.165, 1.54) is 0 Å². The molecule has 8 nitrogen and oxygen atoms in total. The van der Waals surface area contributed by atoms with Crippen LogP contribution in [0.15, 0.2) is 0 Å². The van der Waals surface area contributed by atoms with Gasteiger partial charge in [-0.1, -0.05) is 0 Å². The minimum absolute atomic E-state index is 0.0829. The van der Waals surface area contributed by atoms with Crippen LogP contribution in [-0.4, -0.2) is 83.8 Å². The van der Waals surface area contributed by atoms with E-state index in [2.05, 4.69) is 5.32 Å². The zero-order chi connectivity index (χ0) is 19.6. The van der Waals surface area contributed by atoms with Crippen LogP contribution in [-0.2, 0) is 22.6 Å². The Morgan fingerprint density at radius 2 is 1.85 bits per heavy atom. The summed E-state index contributed by atoms with van der Waals surface area (Å²) < 4.78 is 0. The van der Waals surface area contributed by atoms with E-state index in [0.717, 1.165) is 55.3 Å². The summed E-state index contributed by atoms with van der Waals surface area (Å²) in [7, 11) is 5.71. The van der Waals surface area contributed by atoms with E-state index >= 15 is 0 Å². The molecule has 0 bridgehead atoms. The number of amides is 2. The van der Waals surface area contributed by atoms with Gasteiger partial charge in [-0.2, -0.15) is 0 Å². The molecule has 3 heterocycles. The van der Waals surface area contributed by atoms with Gasteiger partial charge in [-0.25, -0.2) is 9.97 Å². The van der Waals surface area contributed by atoms with Crippen molar-refractivity contribution in [2.75, 3.05) is 52.6 Å². The van der Waals surface area contributed by atoms with Gasteiger partial charge in [-0.15, -0.1) is 0 Å². The fraction of sp³-hybridized carbons (Fsp3) is 0.684. The highest BCUT2D eigenvalue weighted by Gasteiger charge is 2.29. The van der Waals surface area contributed by atoms with Crippen LogP contribution in [0.3, 0.4) is 0 Å². The molecule has 8 heteroatoms. The van der Waals surface area contributed by atoms with Crippen molar-refractivity contribution in [1.82, 2.24) is 24.7 Å². The number of rotatable bonds is 4. The molecule has 3 rings (SSSR count). The molecule has 1 fully saturated rings. The molecular weight excluding hydrogens is 344 g/mol. The molecule has 0 atom stereocenters. The Kier molecular flexibility index (Phi) is 5.94. The lowest BCUT2D eigenvalue weighted by Gasteiger charge is -2.33. The average molecular weight is 374 g/mol. The molecule has 0 unspecified atom stereocenters. The van der Waals surface area contributed by atoms with Crippen molar-refractivity contribution in [1.29, 1.82) is 0 Å². The van der Waals surface area contributed by atoms with Gasteiger partial charge in [0.25, 0.3) is 0 Å². The Hall–Kier alpha value is -2.22. The Bertz CT molecular complexity index is 712.